The average Bonchev–Trinajstić information content (AvgIpc) is 3.17. The lowest BCUT2D eigenvalue weighted by Gasteiger charge is -2.08. The summed E-state index contributed by atoms with van der Waals surface area (Å²) in [7, 11) is 0. The zero-order valence-electron chi connectivity index (χ0n) is 15.5. The summed E-state index contributed by atoms with van der Waals surface area (Å²) in [5.41, 5.74) is 1.05. The molecule has 0 spiro atoms. The molecule has 7 heteroatoms. The Morgan fingerprint density at radius 1 is 1.15 bits per heavy atom. The predicted molar refractivity (Wildman–Crippen MR) is 107 cm³/mol. The van der Waals surface area contributed by atoms with Crippen LogP contribution in [-0.2, 0) is 30.6 Å². The Kier molecular flexibility index (Phi) is 5.77. The van der Waals surface area contributed by atoms with E-state index in [1.54, 1.807) is 11.3 Å². The van der Waals surface area contributed by atoms with E-state index in [0.717, 1.165) is 54.4 Å². The number of thiazole rings is 1. The molecule has 1 aliphatic rings. The topological polar surface area (TPSA) is 72.7 Å². The maximum Gasteiger partial charge on any atom is 0.220 e. The van der Waals surface area contributed by atoms with Gasteiger partial charge in [0.25, 0.3) is 0 Å². The highest BCUT2D eigenvalue weighted by Gasteiger charge is 2.14. The molecule has 27 heavy (non-hydrogen) atoms. The van der Waals surface area contributed by atoms with Crippen molar-refractivity contribution in [3.8, 4) is 0 Å². The quantitative estimate of drug-likeness (QED) is 0.679. The predicted octanol–water partition coefficient (Wildman–Crippen LogP) is 3.30. The summed E-state index contributed by atoms with van der Waals surface area (Å²) in [6.45, 7) is 1.63. The molecule has 4 rings (SSSR count). The maximum atomic E-state index is 12.1. The van der Waals surface area contributed by atoms with Gasteiger partial charge in [0.2, 0.25) is 5.91 Å². The molecule has 0 unspecified atom stereocenters. The first-order chi connectivity index (χ1) is 13.3. The number of para-hydroxylation sites is 1. The van der Waals surface area contributed by atoms with E-state index in [9.17, 15) is 4.79 Å². The van der Waals surface area contributed by atoms with Crippen molar-refractivity contribution in [2.24, 2.45) is 0 Å². The van der Waals surface area contributed by atoms with Crippen LogP contribution in [0.15, 0.2) is 24.3 Å². The number of aryl methyl sites for hydroxylation is 2. The molecular formula is C20H25N5OS. The molecular weight excluding hydrogens is 358 g/mol. The van der Waals surface area contributed by atoms with Crippen LogP contribution in [0.3, 0.4) is 0 Å². The Morgan fingerprint density at radius 2 is 2.07 bits per heavy atom. The number of nitrogens with zero attached hydrogens (tertiary/aromatic N) is 4. The minimum absolute atomic E-state index is 0.103. The van der Waals surface area contributed by atoms with Crippen LogP contribution >= 0.6 is 11.3 Å². The molecule has 0 saturated carbocycles. The van der Waals surface area contributed by atoms with Crippen LogP contribution in [0.5, 0.6) is 0 Å². The van der Waals surface area contributed by atoms with Gasteiger partial charge in [-0.3, -0.25) is 4.79 Å². The number of hydrogen-bond acceptors (Lipinski definition) is 5. The third kappa shape index (κ3) is 4.53. The summed E-state index contributed by atoms with van der Waals surface area (Å²) in [6, 6.07) is 8.17. The van der Waals surface area contributed by atoms with Crippen molar-refractivity contribution in [1.29, 1.82) is 0 Å². The van der Waals surface area contributed by atoms with E-state index in [4.69, 9.17) is 0 Å². The smallest absolute Gasteiger partial charge is 0.220 e. The minimum Gasteiger partial charge on any atom is -0.356 e. The van der Waals surface area contributed by atoms with E-state index in [2.05, 4.69) is 31.1 Å². The molecule has 0 fully saturated rings. The van der Waals surface area contributed by atoms with Crippen LogP contribution in [-0.4, -0.2) is 32.2 Å². The van der Waals surface area contributed by atoms with Crippen LogP contribution in [0.1, 0.15) is 48.8 Å². The zero-order chi connectivity index (χ0) is 18.5. The van der Waals surface area contributed by atoms with Gasteiger partial charge in [-0.15, -0.1) is 21.5 Å². The molecule has 0 bridgehead atoms. The van der Waals surface area contributed by atoms with E-state index in [0.29, 0.717) is 13.0 Å². The highest BCUT2D eigenvalue weighted by molar-refractivity contribution is 7.18. The monoisotopic (exact) mass is 383 g/mol. The highest BCUT2D eigenvalue weighted by Crippen LogP contribution is 2.22. The van der Waals surface area contributed by atoms with Crippen molar-refractivity contribution in [1.82, 2.24) is 25.1 Å². The third-order valence-electron chi connectivity index (χ3n) is 4.99. The maximum absolute atomic E-state index is 12.1. The van der Waals surface area contributed by atoms with Crippen LogP contribution < -0.4 is 5.32 Å². The summed E-state index contributed by atoms with van der Waals surface area (Å²) in [5.74, 6) is 2.21. The normalized spacial score (nSPS) is 14.1. The standard InChI is InChI=1S/C20H25N5OS/c26-19(10-6-11-20-22-15-7-3-4-8-16(15)27-20)21-13-12-18-24-23-17-9-2-1-5-14-25(17)18/h3-4,7-8H,1-2,5-6,9-14H2,(H,21,26). The second-order valence-electron chi connectivity index (χ2n) is 7.02. The Morgan fingerprint density at radius 3 is 3.00 bits per heavy atom. The van der Waals surface area contributed by atoms with Gasteiger partial charge >= 0.3 is 0 Å². The highest BCUT2D eigenvalue weighted by atomic mass is 32.1. The van der Waals surface area contributed by atoms with Gasteiger partial charge in [-0.1, -0.05) is 18.6 Å². The second-order valence-corrected chi connectivity index (χ2v) is 8.14. The number of rotatable bonds is 7. The van der Waals surface area contributed by atoms with Crippen molar-refractivity contribution < 1.29 is 4.79 Å². The lowest BCUT2D eigenvalue weighted by atomic mass is 10.2. The largest absolute Gasteiger partial charge is 0.356 e. The van der Waals surface area contributed by atoms with Crippen LogP contribution in [0.2, 0.25) is 0 Å². The number of fused-ring (bicyclic) bond motifs is 2. The number of benzene rings is 1. The van der Waals surface area contributed by atoms with Gasteiger partial charge in [0, 0.05) is 32.4 Å². The minimum atomic E-state index is 0.103. The molecule has 1 N–H and O–H groups in total. The molecule has 2 aromatic heterocycles. The average molecular weight is 384 g/mol. The van der Waals surface area contributed by atoms with Crippen molar-refractivity contribution >= 4 is 27.5 Å². The summed E-state index contributed by atoms with van der Waals surface area (Å²) in [6.07, 6.45) is 7.62. The van der Waals surface area contributed by atoms with E-state index in [1.165, 1.54) is 24.0 Å². The zero-order valence-corrected chi connectivity index (χ0v) is 16.3. The fourth-order valence-corrected chi connectivity index (χ4v) is 4.57. The van der Waals surface area contributed by atoms with Gasteiger partial charge in [0.15, 0.2) is 0 Å². The van der Waals surface area contributed by atoms with Gasteiger partial charge in [-0.05, 0) is 37.8 Å². The number of hydrogen-bond donors (Lipinski definition) is 1. The summed E-state index contributed by atoms with van der Waals surface area (Å²) >= 11 is 1.72. The van der Waals surface area contributed by atoms with E-state index in [1.807, 2.05) is 18.2 Å². The van der Waals surface area contributed by atoms with Crippen molar-refractivity contribution in [3.05, 3.63) is 40.9 Å². The van der Waals surface area contributed by atoms with E-state index >= 15 is 0 Å². The van der Waals surface area contributed by atoms with Gasteiger partial charge in [-0.25, -0.2) is 4.98 Å². The Bertz CT molecular complexity index is 883. The van der Waals surface area contributed by atoms with Crippen LogP contribution in [0.4, 0.5) is 0 Å². The first-order valence-electron chi connectivity index (χ1n) is 9.82. The molecule has 1 aromatic carbocycles. The first kappa shape index (κ1) is 18.1. The summed E-state index contributed by atoms with van der Waals surface area (Å²) in [4.78, 5) is 16.7. The van der Waals surface area contributed by atoms with E-state index < -0.39 is 0 Å². The molecule has 0 aliphatic carbocycles. The number of aromatic nitrogens is 4. The Hall–Kier alpha value is -2.28. The van der Waals surface area contributed by atoms with Crippen molar-refractivity contribution in [2.75, 3.05) is 6.54 Å². The first-order valence-corrected chi connectivity index (χ1v) is 10.6. The lowest BCUT2D eigenvalue weighted by molar-refractivity contribution is -0.121. The lowest BCUT2D eigenvalue weighted by Crippen LogP contribution is -2.26. The molecule has 3 heterocycles. The molecule has 0 radical (unpaired) electrons. The SMILES string of the molecule is O=C(CCCc1nc2ccccc2s1)NCCc1nnc2n1CCCCC2. The molecule has 6 nitrogen and oxygen atoms in total. The third-order valence-corrected chi connectivity index (χ3v) is 6.09. The van der Waals surface area contributed by atoms with Crippen LogP contribution in [0, 0.1) is 0 Å². The fraction of sp³-hybridized carbons (Fsp3) is 0.500. The summed E-state index contributed by atoms with van der Waals surface area (Å²) < 4.78 is 3.45. The van der Waals surface area contributed by atoms with Gasteiger partial charge < -0.3 is 9.88 Å². The molecule has 3 aromatic rings. The number of amides is 1. The molecule has 1 amide bonds. The molecule has 0 saturated heterocycles. The second kappa shape index (κ2) is 8.61. The molecule has 0 atom stereocenters. The number of nitrogens with one attached hydrogen (secondary N) is 1. The van der Waals surface area contributed by atoms with Crippen molar-refractivity contribution in [2.45, 2.75) is 57.9 Å². The van der Waals surface area contributed by atoms with Crippen LogP contribution in [0.25, 0.3) is 10.2 Å². The molecule has 142 valence electrons. The van der Waals surface area contributed by atoms with Gasteiger partial charge in [0.05, 0.1) is 15.2 Å². The van der Waals surface area contributed by atoms with Crippen molar-refractivity contribution in [3.63, 3.8) is 0 Å². The van der Waals surface area contributed by atoms with Gasteiger partial charge in [-0.2, -0.15) is 0 Å². The molecule has 1 aliphatic heterocycles. The Labute approximate surface area is 163 Å². The fourth-order valence-electron chi connectivity index (χ4n) is 3.56. The number of carbonyl (C=O) groups is 1. The van der Waals surface area contributed by atoms with Gasteiger partial charge in [0.1, 0.15) is 11.6 Å². The summed E-state index contributed by atoms with van der Waals surface area (Å²) in [5, 5.41) is 12.7. The van der Waals surface area contributed by atoms with E-state index in [-0.39, 0.29) is 5.91 Å². The number of carbonyl (C=O) groups excluding carboxylic acids is 1. The Balaban J connectivity index is 1.19.